The predicted molar refractivity (Wildman–Crippen MR) is 254 cm³/mol. The molecule has 0 spiro atoms. The van der Waals surface area contributed by atoms with Crippen LogP contribution in [-0.4, -0.2) is 73.4 Å². The Balaban J connectivity index is 4.34. The molecule has 9 heteroatoms. The average molecular weight is 856 g/mol. The Kier molecular flexibility index (Phi) is 41.6. The van der Waals surface area contributed by atoms with Gasteiger partial charge < -0.3 is 19.8 Å². The highest BCUT2D eigenvalue weighted by Gasteiger charge is 2.27. The minimum atomic E-state index is -4.34. The van der Waals surface area contributed by atoms with Crippen molar-refractivity contribution in [3.63, 3.8) is 0 Å². The Morgan fingerprint density at radius 2 is 0.915 bits per heavy atom. The Morgan fingerprint density at radius 3 is 1.31 bits per heavy atom. The van der Waals surface area contributed by atoms with Crippen LogP contribution in [0, 0.1) is 0 Å². The van der Waals surface area contributed by atoms with E-state index in [0.29, 0.717) is 17.4 Å². The molecule has 1 amide bonds. The molecule has 3 N–H and O–H groups in total. The van der Waals surface area contributed by atoms with Gasteiger partial charge in [0.15, 0.2) is 0 Å². The van der Waals surface area contributed by atoms with Gasteiger partial charge in [-0.1, -0.05) is 212 Å². The van der Waals surface area contributed by atoms with Gasteiger partial charge in [0.25, 0.3) is 0 Å². The first kappa shape index (κ1) is 58.0. The molecule has 0 aliphatic rings. The highest BCUT2D eigenvalue weighted by molar-refractivity contribution is 7.47. The Hall–Kier alpha value is -1.02. The molecule has 0 fully saturated rings. The minimum absolute atomic E-state index is 0.0613. The molecule has 0 heterocycles. The highest BCUT2D eigenvalue weighted by Crippen LogP contribution is 2.43. The van der Waals surface area contributed by atoms with E-state index in [-0.39, 0.29) is 19.1 Å². The maximum absolute atomic E-state index is 12.9. The number of aliphatic hydroxyl groups is 1. The fraction of sp³-hybridized carbons (Fsp3) is 0.900. The number of amides is 1. The van der Waals surface area contributed by atoms with Gasteiger partial charge in [-0.05, 0) is 44.9 Å². The van der Waals surface area contributed by atoms with Crippen LogP contribution >= 0.6 is 7.82 Å². The lowest BCUT2D eigenvalue weighted by atomic mass is 10.0. The summed E-state index contributed by atoms with van der Waals surface area (Å²) in [7, 11) is 1.57. The standard InChI is InChI=1S/C50H99N2O6P/c1-6-8-10-12-14-16-18-20-22-24-26-27-29-31-33-35-37-39-41-43-49(53)48(47-58-59(55,56)57-46-45-52(3,4)5)51-50(54)44-42-40-38-36-34-32-30-28-25-23-21-19-17-15-13-11-9-7-2/h28,30,41,43,48-49,53H,6-27,29,31-40,42,44-47H2,1-5H3,(H-,51,54,55,56)/p+1/b30-28-,43-41+. The van der Waals surface area contributed by atoms with Crippen molar-refractivity contribution in [2.75, 3.05) is 40.9 Å². The maximum Gasteiger partial charge on any atom is 0.472 e. The van der Waals surface area contributed by atoms with E-state index in [0.717, 1.165) is 51.4 Å². The zero-order valence-corrected chi connectivity index (χ0v) is 40.7. The fourth-order valence-corrected chi connectivity index (χ4v) is 8.13. The number of likely N-dealkylation sites (N-methyl/N-ethyl adjacent to an activating group) is 1. The molecule has 0 aromatic heterocycles. The van der Waals surface area contributed by atoms with E-state index in [1.807, 2.05) is 27.2 Å². The molecular weight excluding hydrogens is 756 g/mol. The SMILES string of the molecule is CCCCCCCCCCC/C=C\CCCCCCCC(=O)NC(COP(=O)(O)OCC[N+](C)(C)C)C(O)/C=C/CCCCCCCCCCCCCCCCCCC. The van der Waals surface area contributed by atoms with E-state index >= 15 is 0 Å². The maximum atomic E-state index is 12.9. The Morgan fingerprint density at radius 1 is 0.559 bits per heavy atom. The van der Waals surface area contributed by atoms with Gasteiger partial charge in [-0.15, -0.1) is 0 Å². The number of unbranched alkanes of at least 4 members (excludes halogenated alkanes) is 31. The highest BCUT2D eigenvalue weighted by atomic mass is 31.2. The number of hydrogen-bond donors (Lipinski definition) is 3. The first-order valence-corrected chi connectivity index (χ1v) is 26.7. The lowest BCUT2D eigenvalue weighted by Gasteiger charge is -2.25. The van der Waals surface area contributed by atoms with E-state index in [1.165, 1.54) is 167 Å². The second-order valence-corrected chi connectivity index (χ2v) is 20.0. The first-order chi connectivity index (χ1) is 28.5. The van der Waals surface area contributed by atoms with E-state index in [4.69, 9.17) is 9.05 Å². The quantitative estimate of drug-likeness (QED) is 0.0244. The molecule has 0 bridgehead atoms. The zero-order valence-electron chi connectivity index (χ0n) is 39.8. The van der Waals surface area contributed by atoms with Crippen molar-refractivity contribution in [2.45, 2.75) is 251 Å². The van der Waals surface area contributed by atoms with Crippen molar-refractivity contribution in [1.82, 2.24) is 5.32 Å². The summed E-state index contributed by atoms with van der Waals surface area (Å²) in [5.41, 5.74) is 0. The van der Waals surface area contributed by atoms with E-state index in [2.05, 4.69) is 31.3 Å². The van der Waals surface area contributed by atoms with E-state index < -0.39 is 20.0 Å². The summed E-state index contributed by atoms with van der Waals surface area (Å²) in [4.78, 5) is 23.2. The minimum Gasteiger partial charge on any atom is -0.387 e. The van der Waals surface area contributed by atoms with Crippen molar-refractivity contribution in [3.8, 4) is 0 Å². The summed E-state index contributed by atoms with van der Waals surface area (Å²) in [6, 6.07) is -0.848. The first-order valence-electron chi connectivity index (χ1n) is 25.2. The second-order valence-electron chi connectivity index (χ2n) is 18.5. The van der Waals surface area contributed by atoms with Crippen LogP contribution in [0.25, 0.3) is 0 Å². The summed E-state index contributed by atoms with van der Waals surface area (Å²) in [6.45, 7) is 4.83. The number of phosphoric ester groups is 1. The van der Waals surface area contributed by atoms with Gasteiger partial charge in [0.2, 0.25) is 5.91 Å². The van der Waals surface area contributed by atoms with Crippen LogP contribution in [0.2, 0.25) is 0 Å². The smallest absolute Gasteiger partial charge is 0.387 e. The molecule has 8 nitrogen and oxygen atoms in total. The third-order valence-corrected chi connectivity index (χ3v) is 12.4. The van der Waals surface area contributed by atoms with Crippen molar-refractivity contribution in [3.05, 3.63) is 24.3 Å². The molecule has 0 aliphatic carbocycles. The number of hydrogen-bond acceptors (Lipinski definition) is 5. The van der Waals surface area contributed by atoms with E-state index in [9.17, 15) is 19.4 Å². The molecule has 0 rings (SSSR count). The van der Waals surface area contributed by atoms with Gasteiger partial charge in [0, 0.05) is 6.42 Å². The van der Waals surface area contributed by atoms with Gasteiger partial charge in [0.05, 0.1) is 39.9 Å². The third-order valence-electron chi connectivity index (χ3n) is 11.4. The van der Waals surface area contributed by atoms with Crippen molar-refractivity contribution in [2.24, 2.45) is 0 Å². The molecule has 0 saturated carbocycles. The van der Waals surface area contributed by atoms with Gasteiger partial charge in [0.1, 0.15) is 13.2 Å². The number of allylic oxidation sites excluding steroid dienone is 3. The van der Waals surface area contributed by atoms with Gasteiger partial charge in [-0.25, -0.2) is 4.57 Å². The number of carbonyl (C=O) groups excluding carboxylic acids is 1. The normalized spacial score (nSPS) is 14.4. The Labute approximate surface area is 366 Å². The van der Waals surface area contributed by atoms with Crippen LogP contribution in [-0.2, 0) is 18.4 Å². The molecule has 350 valence electrons. The number of aliphatic hydroxyl groups excluding tert-OH is 1. The number of phosphoric acid groups is 1. The molecule has 0 aromatic rings. The van der Waals surface area contributed by atoms with Crippen LogP contribution in [0.3, 0.4) is 0 Å². The largest absolute Gasteiger partial charge is 0.472 e. The molecule has 0 aromatic carbocycles. The summed E-state index contributed by atoms with van der Waals surface area (Å²) < 4.78 is 23.6. The number of rotatable bonds is 46. The van der Waals surface area contributed by atoms with Crippen molar-refractivity contribution >= 4 is 13.7 Å². The number of nitrogens with one attached hydrogen (secondary N) is 1. The van der Waals surface area contributed by atoms with Crippen molar-refractivity contribution in [1.29, 1.82) is 0 Å². The number of quaternary nitrogens is 1. The van der Waals surface area contributed by atoms with Crippen LogP contribution in [0.4, 0.5) is 0 Å². The lowest BCUT2D eigenvalue weighted by molar-refractivity contribution is -0.870. The van der Waals surface area contributed by atoms with Crippen molar-refractivity contribution < 1.29 is 32.9 Å². The summed E-state index contributed by atoms with van der Waals surface area (Å²) >= 11 is 0. The zero-order chi connectivity index (χ0) is 43.6. The molecule has 59 heavy (non-hydrogen) atoms. The molecule has 0 aliphatic heterocycles. The molecule has 3 atom stereocenters. The number of nitrogens with zero attached hydrogens (tertiary/aromatic N) is 1. The molecule has 0 radical (unpaired) electrons. The van der Waals surface area contributed by atoms with Crippen LogP contribution < -0.4 is 5.32 Å². The van der Waals surface area contributed by atoms with Crippen LogP contribution in [0.1, 0.15) is 239 Å². The molecular formula is C50H100N2O6P+. The second kappa shape index (κ2) is 42.3. The van der Waals surface area contributed by atoms with Crippen LogP contribution in [0.5, 0.6) is 0 Å². The summed E-state index contributed by atoms with van der Waals surface area (Å²) in [6.07, 6.45) is 51.1. The third kappa shape index (κ3) is 44.8. The lowest BCUT2D eigenvalue weighted by Crippen LogP contribution is -2.45. The van der Waals surface area contributed by atoms with Gasteiger partial charge >= 0.3 is 7.82 Å². The van der Waals surface area contributed by atoms with Gasteiger partial charge in [-0.3, -0.25) is 13.8 Å². The summed E-state index contributed by atoms with van der Waals surface area (Å²) in [5, 5.41) is 13.9. The monoisotopic (exact) mass is 856 g/mol. The molecule has 3 unspecified atom stereocenters. The fourth-order valence-electron chi connectivity index (χ4n) is 7.39. The topological polar surface area (TPSA) is 105 Å². The predicted octanol–water partition coefficient (Wildman–Crippen LogP) is 14.5. The van der Waals surface area contributed by atoms with Crippen LogP contribution in [0.15, 0.2) is 24.3 Å². The Bertz CT molecular complexity index is 1020. The molecule has 0 saturated heterocycles. The summed E-state index contributed by atoms with van der Waals surface area (Å²) in [5.74, 6) is -0.183. The van der Waals surface area contributed by atoms with Gasteiger partial charge in [-0.2, -0.15) is 0 Å². The van der Waals surface area contributed by atoms with E-state index in [1.54, 1.807) is 6.08 Å². The number of carbonyl (C=O) groups is 1. The average Bonchev–Trinajstić information content (AvgIpc) is 3.19.